The summed E-state index contributed by atoms with van der Waals surface area (Å²) in [5, 5.41) is 3.46. The van der Waals surface area contributed by atoms with Crippen LogP contribution in [0.1, 0.15) is 26.2 Å². The highest BCUT2D eigenvalue weighted by molar-refractivity contribution is 5.36. The van der Waals surface area contributed by atoms with Gasteiger partial charge in [-0.3, -0.25) is 0 Å². The third-order valence-corrected chi connectivity index (χ3v) is 2.82. The Bertz CT molecular complexity index is 271. The van der Waals surface area contributed by atoms with Crippen molar-refractivity contribution < 1.29 is 0 Å². The van der Waals surface area contributed by atoms with Crippen LogP contribution in [-0.4, -0.2) is 6.54 Å². The van der Waals surface area contributed by atoms with E-state index in [1.165, 1.54) is 30.5 Å². The van der Waals surface area contributed by atoms with E-state index in [4.69, 9.17) is 0 Å². The molecule has 1 aliphatic carbocycles. The summed E-state index contributed by atoms with van der Waals surface area (Å²) in [5.41, 5.74) is 2.83. The molecule has 13 heavy (non-hydrogen) atoms. The van der Waals surface area contributed by atoms with Gasteiger partial charge in [-0.1, -0.05) is 25.2 Å². The Kier molecular flexibility index (Phi) is 2.53. The van der Waals surface area contributed by atoms with Gasteiger partial charge in [0.2, 0.25) is 0 Å². The van der Waals surface area contributed by atoms with E-state index in [1.807, 2.05) is 0 Å². The van der Waals surface area contributed by atoms with Gasteiger partial charge in [0.1, 0.15) is 0 Å². The molecule has 1 heterocycles. The molecule has 1 unspecified atom stereocenters. The Morgan fingerprint density at radius 3 is 2.85 bits per heavy atom. The van der Waals surface area contributed by atoms with Gasteiger partial charge in [-0.2, -0.15) is 0 Å². The maximum atomic E-state index is 3.46. The fourth-order valence-electron chi connectivity index (χ4n) is 1.96. The molecule has 0 bridgehead atoms. The van der Waals surface area contributed by atoms with Crippen LogP contribution >= 0.6 is 0 Å². The van der Waals surface area contributed by atoms with Crippen LogP contribution in [-0.2, 0) is 0 Å². The predicted molar refractivity (Wildman–Crippen MR) is 56.3 cm³/mol. The lowest BCUT2D eigenvalue weighted by Crippen LogP contribution is -2.25. The first kappa shape index (κ1) is 8.61. The molecule has 2 rings (SSSR count). The molecule has 70 valence electrons. The molecule has 0 saturated heterocycles. The number of rotatable bonds is 0. The van der Waals surface area contributed by atoms with Crippen molar-refractivity contribution in [1.82, 2.24) is 5.32 Å². The molecule has 0 aromatic heterocycles. The van der Waals surface area contributed by atoms with Gasteiger partial charge in [0.15, 0.2) is 0 Å². The second kappa shape index (κ2) is 3.82. The minimum absolute atomic E-state index is 0.718. The van der Waals surface area contributed by atoms with Gasteiger partial charge < -0.3 is 5.32 Å². The van der Waals surface area contributed by atoms with Crippen molar-refractivity contribution >= 4 is 0 Å². The number of hydrogen-bond donors (Lipinski definition) is 1. The van der Waals surface area contributed by atoms with Gasteiger partial charge in [0, 0.05) is 12.2 Å². The Morgan fingerprint density at radius 2 is 2.00 bits per heavy atom. The molecular weight excluding hydrogens is 158 g/mol. The summed E-state index contributed by atoms with van der Waals surface area (Å²) in [4.78, 5) is 0. The predicted octanol–water partition coefficient (Wildman–Crippen LogP) is 2.78. The van der Waals surface area contributed by atoms with Crippen LogP contribution in [0.5, 0.6) is 0 Å². The summed E-state index contributed by atoms with van der Waals surface area (Å²) in [7, 11) is 0. The number of hydrogen-bond acceptors (Lipinski definition) is 1. The fraction of sp³-hybridized carbons (Fsp3) is 0.500. The van der Waals surface area contributed by atoms with Crippen LogP contribution < -0.4 is 5.32 Å². The van der Waals surface area contributed by atoms with Crippen molar-refractivity contribution in [1.29, 1.82) is 0 Å². The first-order chi connectivity index (χ1) is 6.38. The molecule has 0 saturated carbocycles. The van der Waals surface area contributed by atoms with Gasteiger partial charge in [-0.25, -0.2) is 0 Å². The maximum absolute atomic E-state index is 3.46. The van der Waals surface area contributed by atoms with Gasteiger partial charge in [0.25, 0.3) is 0 Å². The van der Waals surface area contributed by atoms with Crippen LogP contribution in [0.4, 0.5) is 0 Å². The molecule has 1 nitrogen and oxygen atoms in total. The van der Waals surface area contributed by atoms with Crippen LogP contribution in [0.25, 0.3) is 0 Å². The van der Waals surface area contributed by atoms with E-state index >= 15 is 0 Å². The lowest BCUT2D eigenvalue weighted by Gasteiger charge is -2.24. The smallest absolute Gasteiger partial charge is 0.0372 e. The van der Waals surface area contributed by atoms with E-state index in [0.717, 1.165) is 12.5 Å². The Morgan fingerprint density at radius 1 is 1.23 bits per heavy atom. The molecule has 0 spiro atoms. The third kappa shape index (κ3) is 1.85. The normalized spacial score (nSPS) is 32.5. The second-order valence-corrected chi connectivity index (χ2v) is 3.87. The minimum atomic E-state index is 0.718. The summed E-state index contributed by atoms with van der Waals surface area (Å²) in [6.45, 7) is 3.44. The van der Waals surface area contributed by atoms with Crippen molar-refractivity contribution in [2.45, 2.75) is 26.2 Å². The molecule has 1 N–H and O–H groups in total. The molecule has 0 radical (unpaired) electrons. The van der Waals surface area contributed by atoms with Crippen molar-refractivity contribution in [3.63, 3.8) is 0 Å². The quantitative estimate of drug-likeness (QED) is 0.597. The van der Waals surface area contributed by atoms with Crippen molar-refractivity contribution in [3.05, 3.63) is 35.6 Å². The second-order valence-electron chi connectivity index (χ2n) is 3.87. The Labute approximate surface area is 80.2 Å². The first-order valence-corrected chi connectivity index (χ1v) is 5.19. The molecule has 2 aliphatic rings. The monoisotopic (exact) mass is 175 g/mol. The molecule has 0 amide bonds. The summed E-state index contributed by atoms with van der Waals surface area (Å²) < 4.78 is 0. The zero-order valence-corrected chi connectivity index (χ0v) is 8.22. The highest BCUT2D eigenvalue weighted by atomic mass is 14.9. The molecular formula is C12H17N. The summed E-state index contributed by atoms with van der Waals surface area (Å²) in [6.07, 6.45) is 12.7. The molecule has 0 aromatic carbocycles. The number of allylic oxidation sites excluding steroid dienone is 5. The van der Waals surface area contributed by atoms with Gasteiger partial charge in [-0.15, -0.1) is 0 Å². The maximum Gasteiger partial charge on any atom is 0.0372 e. The average Bonchev–Trinajstić information content (AvgIpc) is 2.07. The molecule has 1 heteroatoms. The topological polar surface area (TPSA) is 12.0 Å². The van der Waals surface area contributed by atoms with Crippen molar-refractivity contribution in [2.75, 3.05) is 6.54 Å². The van der Waals surface area contributed by atoms with E-state index in [0.29, 0.717) is 0 Å². The summed E-state index contributed by atoms with van der Waals surface area (Å²) >= 11 is 0. The van der Waals surface area contributed by atoms with Crippen LogP contribution in [0.3, 0.4) is 0 Å². The van der Waals surface area contributed by atoms with Gasteiger partial charge in [0.05, 0.1) is 0 Å². The van der Waals surface area contributed by atoms with Crippen LogP contribution in [0, 0.1) is 5.92 Å². The fourth-order valence-corrected chi connectivity index (χ4v) is 1.96. The van der Waals surface area contributed by atoms with Crippen molar-refractivity contribution in [2.24, 2.45) is 5.92 Å². The standard InChI is InChI=1S/C12H17N/c1-10-8-9-13-12-7-5-3-2-4-6-11(10)12/h4-7,10,13H,2-3,8-9H2,1H3/b6-4+,7-5-. The summed E-state index contributed by atoms with van der Waals surface area (Å²) in [5.74, 6) is 0.718. The number of nitrogens with one attached hydrogen (secondary N) is 1. The highest BCUT2D eigenvalue weighted by Gasteiger charge is 2.15. The van der Waals surface area contributed by atoms with E-state index in [1.54, 1.807) is 0 Å². The summed E-state index contributed by atoms with van der Waals surface area (Å²) in [6, 6.07) is 0. The van der Waals surface area contributed by atoms with E-state index < -0.39 is 0 Å². The van der Waals surface area contributed by atoms with Crippen LogP contribution in [0.15, 0.2) is 35.6 Å². The van der Waals surface area contributed by atoms with E-state index in [9.17, 15) is 0 Å². The van der Waals surface area contributed by atoms with Gasteiger partial charge in [-0.05, 0) is 36.8 Å². The Balaban J connectivity index is 2.33. The van der Waals surface area contributed by atoms with E-state index in [-0.39, 0.29) is 0 Å². The minimum Gasteiger partial charge on any atom is -0.385 e. The Hall–Kier alpha value is -0.980. The zero-order chi connectivity index (χ0) is 9.10. The molecule has 1 aliphatic heterocycles. The van der Waals surface area contributed by atoms with Crippen LogP contribution in [0.2, 0.25) is 0 Å². The molecule has 1 atom stereocenters. The first-order valence-electron chi connectivity index (χ1n) is 5.19. The molecule has 0 aromatic rings. The zero-order valence-electron chi connectivity index (χ0n) is 8.22. The molecule has 0 fully saturated rings. The SMILES string of the molecule is CC1CCNC2=C1/C=C/CC/C=C\2. The van der Waals surface area contributed by atoms with Crippen molar-refractivity contribution in [3.8, 4) is 0 Å². The largest absolute Gasteiger partial charge is 0.385 e. The van der Waals surface area contributed by atoms with E-state index in [2.05, 4.69) is 36.5 Å². The lowest BCUT2D eigenvalue weighted by atomic mass is 9.91. The van der Waals surface area contributed by atoms with Gasteiger partial charge >= 0.3 is 0 Å². The third-order valence-electron chi connectivity index (χ3n) is 2.82. The average molecular weight is 175 g/mol. The lowest BCUT2D eigenvalue weighted by molar-refractivity contribution is 0.553. The highest BCUT2D eigenvalue weighted by Crippen LogP contribution is 2.24.